The van der Waals surface area contributed by atoms with Crippen LogP contribution in [0.25, 0.3) is 0 Å². The van der Waals surface area contributed by atoms with E-state index in [1.807, 2.05) is 105 Å². The van der Waals surface area contributed by atoms with Crippen molar-refractivity contribution in [3.63, 3.8) is 0 Å². The van der Waals surface area contributed by atoms with Crippen LogP contribution in [0.2, 0.25) is 0 Å². The zero-order chi connectivity index (χ0) is 33.9. The smallest absolute Gasteiger partial charge is 0.527 e. The van der Waals surface area contributed by atoms with Crippen molar-refractivity contribution in [2.75, 3.05) is 0 Å². The van der Waals surface area contributed by atoms with Gasteiger partial charge in [0.1, 0.15) is 5.09 Å². The van der Waals surface area contributed by atoms with Crippen LogP contribution < -0.4 is 0 Å². The fraction of sp³-hybridized carbons (Fsp3) is 0.135. The van der Waals surface area contributed by atoms with E-state index in [1.54, 1.807) is 61.5 Å². The monoisotopic (exact) mass is 694 g/mol. The SMILES string of the molecule is C/C=C(/OB1N(S(=O)(=O)c2ccc(C)cc2)[C@H](c2ccccc2)[C@@H](c2ccccc2)N1S(=O)(=O)c1ccc(C)cc1)Sc1ccccc1. The summed E-state index contributed by atoms with van der Waals surface area (Å²) >= 11 is 1.29. The standard InChI is InChI=1S/C37H35BN2O5S3/c1-4-35(46-32-18-12-7-13-19-32)45-38-39(47(41,42)33-24-20-28(2)21-25-33)36(30-14-8-5-9-15-30)37(31-16-10-6-11-17-31)40(38)48(43,44)34-26-22-29(3)23-27-34/h4-27,36-37H,1-3H3/b35-4-/t36-,37-/m1/s1. The van der Waals surface area contributed by atoms with Crippen LogP contribution >= 0.6 is 11.8 Å². The number of nitrogens with zero attached hydrogens (tertiary/aromatic N) is 2. The molecule has 1 fully saturated rings. The van der Waals surface area contributed by atoms with Crippen molar-refractivity contribution in [2.45, 2.75) is 47.5 Å². The van der Waals surface area contributed by atoms with Crippen molar-refractivity contribution in [1.82, 2.24) is 8.43 Å². The molecule has 0 saturated carbocycles. The van der Waals surface area contributed by atoms with Gasteiger partial charge in [-0.2, -0.15) is 8.43 Å². The second kappa shape index (κ2) is 14.2. The van der Waals surface area contributed by atoms with Gasteiger partial charge in [-0.3, -0.25) is 0 Å². The summed E-state index contributed by atoms with van der Waals surface area (Å²) in [6.07, 6.45) is 1.72. The molecule has 11 heteroatoms. The molecule has 7 nitrogen and oxygen atoms in total. The number of allylic oxidation sites excluding steroid dienone is 1. The molecule has 0 N–H and O–H groups in total. The third kappa shape index (κ3) is 6.74. The number of thioether (sulfide) groups is 1. The van der Waals surface area contributed by atoms with Gasteiger partial charge in [0.25, 0.3) is 0 Å². The van der Waals surface area contributed by atoms with Crippen LogP contribution in [0.5, 0.6) is 0 Å². The number of aryl methyl sites for hydroxylation is 2. The Balaban J connectivity index is 1.64. The van der Waals surface area contributed by atoms with Gasteiger partial charge in [0.05, 0.1) is 21.9 Å². The van der Waals surface area contributed by atoms with Crippen LogP contribution in [0.1, 0.15) is 41.3 Å². The molecule has 5 aromatic rings. The molecular formula is C37H35BN2O5S3. The van der Waals surface area contributed by atoms with Crippen molar-refractivity contribution < 1.29 is 21.5 Å². The predicted molar refractivity (Wildman–Crippen MR) is 192 cm³/mol. The molecule has 0 spiro atoms. The number of benzene rings is 5. The maximum Gasteiger partial charge on any atom is 0.578 e. The van der Waals surface area contributed by atoms with Crippen LogP contribution in [0.3, 0.4) is 0 Å². The molecule has 5 aromatic carbocycles. The summed E-state index contributed by atoms with van der Waals surface area (Å²) in [6, 6.07) is 38.9. The zero-order valence-electron chi connectivity index (χ0n) is 26.7. The Hall–Kier alpha value is -4.13. The molecule has 2 atom stereocenters. The highest BCUT2D eigenvalue weighted by molar-refractivity contribution is 8.03. The lowest BCUT2D eigenvalue weighted by Crippen LogP contribution is -2.51. The Kier molecular flexibility index (Phi) is 9.96. The van der Waals surface area contributed by atoms with E-state index in [0.29, 0.717) is 16.2 Å². The minimum atomic E-state index is -4.39. The van der Waals surface area contributed by atoms with Crippen molar-refractivity contribution in [1.29, 1.82) is 0 Å². The van der Waals surface area contributed by atoms with Gasteiger partial charge >= 0.3 is 7.19 Å². The lowest BCUT2D eigenvalue weighted by Gasteiger charge is -2.29. The van der Waals surface area contributed by atoms with Gasteiger partial charge in [-0.15, -0.1) is 0 Å². The topological polar surface area (TPSA) is 84.0 Å². The van der Waals surface area contributed by atoms with E-state index in [9.17, 15) is 16.8 Å². The van der Waals surface area contributed by atoms with Gasteiger partial charge in [-0.05, 0) is 74.4 Å². The van der Waals surface area contributed by atoms with Crippen molar-refractivity contribution >= 4 is 39.0 Å². The molecule has 0 aromatic heterocycles. The minimum Gasteiger partial charge on any atom is -0.527 e. The molecule has 244 valence electrons. The number of hydrogen-bond acceptors (Lipinski definition) is 6. The quantitative estimate of drug-likeness (QED) is 0.0834. The first-order chi connectivity index (χ1) is 23.1. The Bertz CT molecular complexity index is 1970. The molecular weight excluding hydrogens is 659 g/mol. The fourth-order valence-corrected chi connectivity index (χ4v) is 9.91. The summed E-state index contributed by atoms with van der Waals surface area (Å²) in [5.41, 5.74) is 3.03. The normalized spacial score (nSPS) is 17.8. The van der Waals surface area contributed by atoms with Gasteiger partial charge in [0, 0.05) is 4.90 Å². The van der Waals surface area contributed by atoms with E-state index < -0.39 is 39.3 Å². The third-order valence-corrected chi connectivity index (χ3v) is 12.9. The maximum atomic E-state index is 15.0. The molecule has 1 aliphatic heterocycles. The molecule has 1 heterocycles. The van der Waals surface area contributed by atoms with Gasteiger partial charge in [0.2, 0.25) is 20.0 Å². The van der Waals surface area contributed by atoms with Crippen LogP contribution in [0.15, 0.2) is 165 Å². The van der Waals surface area contributed by atoms with Crippen LogP contribution in [0, 0.1) is 13.8 Å². The first-order valence-corrected chi connectivity index (χ1v) is 19.2. The molecule has 0 bridgehead atoms. The lowest BCUT2D eigenvalue weighted by molar-refractivity contribution is 0.377. The highest BCUT2D eigenvalue weighted by Crippen LogP contribution is 2.51. The first kappa shape index (κ1) is 33.8. The van der Waals surface area contributed by atoms with E-state index in [1.165, 1.54) is 20.2 Å². The average molecular weight is 695 g/mol. The van der Waals surface area contributed by atoms with E-state index in [2.05, 4.69) is 0 Å². The summed E-state index contributed by atoms with van der Waals surface area (Å²) in [7, 11) is -10.4. The van der Waals surface area contributed by atoms with E-state index in [4.69, 9.17) is 4.65 Å². The average Bonchev–Trinajstić information content (AvgIpc) is 3.46. The Labute approximate surface area is 288 Å². The molecule has 6 rings (SSSR count). The van der Waals surface area contributed by atoms with Crippen molar-refractivity contribution in [2.24, 2.45) is 0 Å². The van der Waals surface area contributed by atoms with E-state index >= 15 is 0 Å². The molecule has 0 unspecified atom stereocenters. The molecule has 1 aliphatic rings. The number of hydrogen-bond donors (Lipinski definition) is 0. The summed E-state index contributed by atoms with van der Waals surface area (Å²) in [5, 5.41) is 0.347. The van der Waals surface area contributed by atoms with Gasteiger partial charge in [0.15, 0.2) is 0 Å². The zero-order valence-corrected chi connectivity index (χ0v) is 29.2. The summed E-state index contributed by atoms with van der Waals surface area (Å²) < 4.78 is 69.1. The summed E-state index contributed by atoms with van der Waals surface area (Å²) in [6.45, 7) is 5.54. The second-order valence-corrected chi connectivity index (χ2v) is 16.2. The first-order valence-electron chi connectivity index (χ1n) is 15.5. The Morgan fingerprint density at radius 3 is 1.35 bits per heavy atom. The predicted octanol–water partition coefficient (Wildman–Crippen LogP) is 8.14. The summed E-state index contributed by atoms with van der Waals surface area (Å²) in [5.74, 6) is 0. The lowest BCUT2D eigenvalue weighted by atomic mass is 9.95. The highest BCUT2D eigenvalue weighted by Gasteiger charge is 2.64. The molecule has 48 heavy (non-hydrogen) atoms. The van der Waals surface area contributed by atoms with Gasteiger partial charge < -0.3 is 4.65 Å². The van der Waals surface area contributed by atoms with E-state index in [0.717, 1.165) is 16.0 Å². The third-order valence-electron chi connectivity index (χ3n) is 8.18. The number of sulfonamides is 2. The van der Waals surface area contributed by atoms with Crippen LogP contribution in [0.4, 0.5) is 0 Å². The molecule has 1 saturated heterocycles. The van der Waals surface area contributed by atoms with Crippen LogP contribution in [-0.2, 0) is 24.7 Å². The molecule has 0 radical (unpaired) electrons. The second-order valence-electron chi connectivity index (χ2n) is 11.5. The summed E-state index contributed by atoms with van der Waals surface area (Å²) in [4.78, 5) is 0.909. The minimum absolute atomic E-state index is 0.0294. The van der Waals surface area contributed by atoms with Crippen molar-refractivity contribution in [3.8, 4) is 0 Å². The fourth-order valence-electron chi connectivity index (χ4n) is 5.79. The van der Waals surface area contributed by atoms with Gasteiger partial charge in [-0.25, -0.2) is 16.8 Å². The number of rotatable bonds is 10. The molecule has 0 aliphatic carbocycles. The molecule has 0 amide bonds. The van der Waals surface area contributed by atoms with Crippen LogP contribution in [-0.4, -0.2) is 32.5 Å². The Morgan fingerprint density at radius 2 is 0.979 bits per heavy atom. The Morgan fingerprint density at radius 1 is 0.604 bits per heavy atom. The van der Waals surface area contributed by atoms with Crippen molar-refractivity contribution in [3.05, 3.63) is 173 Å². The largest absolute Gasteiger partial charge is 0.578 e. The maximum absolute atomic E-state index is 15.0. The van der Waals surface area contributed by atoms with Gasteiger partial charge in [-0.1, -0.05) is 126 Å². The highest BCUT2D eigenvalue weighted by atomic mass is 32.2. The van der Waals surface area contributed by atoms with E-state index in [-0.39, 0.29) is 9.79 Å².